The van der Waals surface area contributed by atoms with Crippen LogP contribution in [0.5, 0.6) is 5.75 Å². The van der Waals surface area contributed by atoms with Crippen molar-refractivity contribution in [3.05, 3.63) is 84.7 Å². The average Bonchev–Trinajstić information content (AvgIpc) is 3.36. The number of sulfonamides is 1. The Hall–Kier alpha value is -4.63. The molecule has 1 heterocycles. The van der Waals surface area contributed by atoms with Gasteiger partial charge in [0.25, 0.3) is 10.0 Å². The van der Waals surface area contributed by atoms with E-state index >= 15 is 0 Å². The predicted molar refractivity (Wildman–Crippen MR) is 154 cm³/mol. The Morgan fingerprint density at radius 1 is 1.02 bits per heavy atom. The van der Waals surface area contributed by atoms with Gasteiger partial charge in [0.1, 0.15) is 11.9 Å². The van der Waals surface area contributed by atoms with Crippen LogP contribution < -0.4 is 14.8 Å². The third-order valence-corrected chi connectivity index (χ3v) is 7.98. The molecule has 1 aromatic heterocycles. The second kappa shape index (κ2) is 12.9. The number of nitrogens with zero attached hydrogens (tertiary/aromatic N) is 2. The van der Waals surface area contributed by atoms with Gasteiger partial charge in [-0.15, -0.1) is 0 Å². The van der Waals surface area contributed by atoms with Crippen LogP contribution in [0.2, 0.25) is 0 Å². The molecule has 4 aromatic rings. The summed E-state index contributed by atoms with van der Waals surface area (Å²) >= 11 is 0. The van der Waals surface area contributed by atoms with E-state index in [9.17, 15) is 31.2 Å². The lowest BCUT2D eigenvalue weighted by molar-refractivity contribution is -0.205. The lowest BCUT2D eigenvalue weighted by Gasteiger charge is -2.30. The van der Waals surface area contributed by atoms with Crippen molar-refractivity contribution >= 4 is 38.9 Å². The predicted octanol–water partition coefficient (Wildman–Crippen LogP) is 5.50. The molecule has 0 unspecified atom stereocenters. The van der Waals surface area contributed by atoms with Gasteiger partial charge in [-0.05, 0) is 62.2 Å². The van der Waals surface area contributed by atoms with Crippen LogP contribution in [0.15, 0.2) is 84.0 Å². The summed E-state index contributed by atoms with van der Waals surface area (Å²) in [6.07, 6.45) is -6.12. The number of nitrogens with one attached hydrogen (secondary N) is 2. The first kappa shape index (κ1) is 32.3. The van der Waals surface area contributed by atoms with Crippen molar-refractivity contribution in [2.75, 3.05) is 11.3 Å². The normalized spacial score (nSPS) is 12.9. The van der Waals surface area contributed by atoms with Gasteiger partial charge < -0.3 is 24.5 Å². The molecule has 234 valence electrons. The van der Waals surface area contributed by atoms with Crippen molar-refractivity contribution in [1.29, 1.82) is 0 Å². The maximum atomic E-state index is 13.2. The quantitative estimate of drug-likeness (QED) is 0.136. The Bertz CT molecular complexity index is 1740. The second-order valence-corrected chi connectivity index (χ2v) is 12.1. The number of fused-ring (bicyclic) bond motifs is 1. The molecule has 3 aromatic carbocycles. The van der Waals surface area contributed by atoms with Crippen LogP contribution in [0.1, 0.15) is 31.9 Å². The van der Waals surface area contributed by atoms with Crippen LogP contribution in [0.25, 0.3) is 11.0 Å². The average molecular weight is 635 g/mol. The zero-order valence-electron chi connectivity index (χ0n) is 23.5. The number of aromatic nitrogens is 2. The summed E-state index contributed by atoms with van der Waals surface area (Å²) in [7, 11) is -3.99. The van der Waals surface area contributed by atoms with Gasteiger partial charge in [0.15, 0.2) is 0 Å². The van der Waals surface area contributed by atoms with Crippen LogP contribution in [0.4, 0.5) is 23.7 Å². The molecule has 0 aliphatic carbocycles. The van der Waals surface area contributed by atoms with Crippen LogP contribution in [0, 0.1) is 0 Å². The van der Waals surface area contributed by atoms with Crippen molar-refractivity contribution < 1.29 is 45.8 Å². The fraction of sp³-hybridized carbons (Fsp3) is 0.276. The number of alkyl halides is 3. The highest BCUT2D eigenvalue weighted by Gasteiger charge is 2.42. The highest BCUT2D eigenvalue weighted by molar-refractivity contribution is 7.92. The zero-order valence-corrected chi connectivity index (χ0v) is 24.4. The fourth-order valence-electron chi connectivity index (χ4n) is 4.28. The smallest absolute Gasteiger partial charge is 0.449 e. The number of carbonyl (C=O) groups is 2. The lowest BCUT2D eigenvalue weighted by atomic mass is 9.99. The molecule has 0 aliphatic heterocycles. The minimum absolute atomic E-state index is 0.00910. The summed E-state index contributed by atoms with van der Waals surface area (Å²) in [5.74, 6) is -2.27. The van der Waals surface area contributed by atoms with Crippen LogP contribution >= 0.6 is 0 Å². The molecule has 0 fully saturated rings. The first-order valence-corrected chi connectivity index (χ1v) is 14.7. The molecule has 0 radical (unpaired) electrons. The van der Waals surface area contributed by atoms with E-state index in [0.717, 1.165) is 0 Å². The monoisotopic (exact) mass is 634 g/mol. The molecule has 0 saturated heterocycles. The molecule has 44 heavy (non-hydrogen) atoms. The van der Waals surface area contributed by atoms with E-state index in [-0.39, 0.29) is 28.4 Å². The van der Waals surface area contributed by atoms with Crippen molar-refractivity contribution in [3.63, 3.8) is 0 Å². The van der Waals surface area contributed by atoms with E-state index in [4.69, 9.17) is 14.6 Å². The summed E-state index contributed by atoms with van der Waals surface area (Å²) in [5, 5.41) is 12.0. The maximum absolute atomic E-state index is 13.2. The number of carbonyl (C=O) groups excluding carboxylic acids is 1. The van der Waals surface area contributed by atoms with E-state index in [0.29, 0.717) is 24.0 Å². The summed E-state index contributed by atoms with van der Waals surface area (Å²) in [6, 6.07) is 17.7. The first-order valence-electron chi connectivity index (χ1n) is 13.2. The van der Waals surface area contributed by atoms with E-state index < -0.39 is 40.0 Å². The highest BCUT2D eigenvalue weighted by atomic mass is 32.2. The van der Waals surface area contributed by atoms with Gasteiger partial charge in [-0.25, -0.2) is 23.0 Å². The molecule has 0 aliphatic rings. The summed E-state index contributed by atoms with van der Waals surface area (Å²) in [5.41, 5.74) is 0.714. The van der Waals surface area contributed by atoms with Crippen molar-refractivity contribution in [3.8, 4) is 5.75 Å². The Morgan fingerprint density at radius 3 is 2.43 bits per heavy atom. The van der Waals surface area contributed by atoms with Gasteiger partial charge in [-0.3, -0.25) is 4.72 Å². The molecule has 11 nitrogen and oxygen atoms in total. The molecule has 0 spiro atoms. The first-order chi connectivity index (χ1) is 20.6. The Morgan fingerprint density at radius 2 is 1.75 bits per heavy atom. The van der Waals surface area contributed by atoms with Gasteiger partial charge in [0, 0.05) is 30.4 Å². The van der Waals surface area contributed by atoms with E-state index in [1.807, 2.05) is 0 Å². The Kier molecular flexibility index (Phi) is 9.49. The Balaban J connectivity index is 1.50. The highest BCUT2D eigenvalue weighted by Crippen LogP contribution is 2.28. The number of imidazole rings is 1. The number of benzene rings is 3. The molecular weight excluding hydrogens is 605 g/mol. The van der Waals surface area contributed by atoms with E-state index in [1.165, 1.54) is 48.5 Å². The summed E-state index contributed by atoms with van der Waals surface area (Å²) in [4.78, 5) is 27.0. The SMILES string of the molecule is CC(C)(CCn1cnc2ccc(OC(=O)O)cc21)NC[C@H](OC(=O)C(F)(F)F)c1cccc(NS(=O)(=O)c2ccccc2)c1. The minimum Gasteiger partial charge on any atom is -0.449 e. The van der Waals surface area contributed by atoms with Gasteiger partial charge in [0.2, 0.25) is 0 Å². The van der Waals surface area contributed by atoms with E-state index in [2.05, 4.69) is 15.0 Å². The molecule has 0 amide bonds. The van der Waals surface area contributed by atoms with Crippen molar-refractivity contribution in [2.24, 2.45) is 0 Å². The molecule has 1 atom stereocenters. The molecule has 15 heteroatoms. The molecular formula is C29H29F3N4O7S. The number of ether oxygens (including phenoxy) is 2. The number of halogens is 3. The summed E-state index contributed by atoms with van der Waals surface area (Å²) < 4.78 is 78.7. The number of esters is 1. The van der Waals surface area contributed by atoms with Gasteiger partial charge in [-0.2, -0.15) is 13.2 Å². The van der Waals surface area contributed by atoms with Crippen molar-refractivity contribution in [1.82, 2.24) is 14.9 Å². The minimum atomic E-state index is -5.24. The molecule has 3 N–H and O–H groups in total. The number of anilines is 1. The van der Waals surface area contributed by atoms with Crippen LogP contribution in [-0.2, 0) is 26.1 Å². The number of rotatable bonds is 12. The fourth-order valence-corrected chi connectivity index (χ4v) is 5.35. The number of carboxylic acid groups (broad SMARTS) is 1. The van der Waals surface area contributed by atoms with Gasteiger partial charge >= 0.3 is 18.3 Å². The number of hydrogen-bond acceptors (Lipinski definition) is 8. The standard InChI is InChI=1S/C29H29F3N4O7S/c1-28(2,13-14-36-18-33-23-12-11-21(16-24(23)36)42-27(38)39)34-17-25(43-26(37)29(30,31)32)19-7-6-8-20(15-19)35-44(40,41)22-9-4-3-5-10-22/h3-12,15-16,18,25,34-35H,13-14,17H2,1-2H3,(H,38,39)/t25-/m0/s1. The molecule has 0 bridgehead atoms. The van der Waals surface area contributed by atoms with E-state index in [1.54, 1.807) is 49.0 Å². The second-order valence-electron chi connectivity index (χ2n) is 10.4. The third kappa shape index (κ3) is 8.48. The topological polar surface area (TPSA) is 149 Å². The van der Waals surface area contributed by atoms with Gasteiger partial charge in [-0.1, -0.05) is 30.3 Å². The van der Waals surface area contributed by atoms with Crippen LogP contribution in [-0.4, -0.2) is 53.5 Å². The van der Waals surface area contributed by atoms with Crippen molar-refractivity contribution in [2.45, 2.75) is 49.5 Å². The summed E-state index contributed by atoms with van der Waals surface area (Å²) in [6.45, 7) is 3.76. The maximum Gasteiger partial charge on any atom is 0.511 e. The molecule has 4 rings (SSSR count). The van der Waals surface area contributed by atoms with Crippen LogP contribution in [0.3, 0.4) is 0 Å². The largest absolute Gasteiger partial charge is 0.511 e. The number of aryl methyl sites for hydroxylation is 1. The molecule has 0 saturated carbocycles. The Labute approximate surface area is 250 Å². The van der Waals surface area contributed by atoms with Gasteiger partial charge in [0.05, 0.1) is 22.3 Å². The lowest BCUT2D eigenvalue weighted by Crippen LogP contribution is -2.43. The zero-order chi connectivity index (χ0) is 32.1. The number of hydrogen-bond donors (Lipinski definition) is 3. The third-order valence-electron chi connectivity index (χ3n) is 6.59.